The van der Waals surface area contributed by atoms with Crippen molar-refractivity contribution in [3.8, 4) is 28.1 Å². The Morgan fingerprint density at radius 3 is 2.52 bits per heavy atom. The molecule has 6 bridgehead atoms. The Bertz CT molecular complexity index is 2460. The molecule has 2 fully saturated rings. The molecule has 2 saturated heterocycles. The first-order valence-corrected chi connectivity index (χ1v) is 23.7. The number of nitrogens with zero attached hydrogens (tertiary/aromatic N) is 4. The third kappa shape index (κ3) is 10.3. The van der Waals surface area contributed by atoms with E-state index in [-0.39, 0.29) is 43.1 Å². The number of likely N-dealkylation sites (N-methyl/N-ethyl adjacent to an activating group) is 1. The summed E-state index contributed by atoms with van der Waals surface area (Å²) in [6.07, 6.45) is 3.17. The number of phenols is 1. The number of cyclic esters (lactones) is 1. The van der Waals surface area contributed by atoms with Crippen molar-refractivity contribution in [1.82, 2.24) is 30.1 Å². The van der Waals surface area contributed by atoms with E-state index in [9.17, 15) is 29.1 Å². The number of carbonyl (C=O) groups is 5. The van der Waals surface area contributed by atoms with Crippen LogP contribution in [-0.2, 0) is 59.3 Å². The average Bonchev–Trinajstić information content (AvgIpc) is 3.91. The summed E-state index contributed by atoms with van der Waals surface area (Å²) in [7, 11) is 3.32. The zero-order valence-electron chi connectivity index (χ0n) is 39.9. The summed E-state index contributed by atoms with van der Waals surface area (Å²) < 4.78 is 14.0. The van der Waals surface area contributed by atoms with Gasteiger partial charge in [-0.3, -0.25) is 29.0 Å². The van der Waals surface area contributed by atoms with Gasteiger partial charge in [0.05, 0.1) is 24.8 Å². The molecule has 0 aliphatic carbocycles. The van der Waals surface area contributed by atoms with Gasteiger partial charge in [-0.05, 0) is 97.0 Å². The van der Waals surface area contributed by atoms with Crippen LogP contribution in [0.1, 0.15) is 83.9 Å². The van der Waals surface area contributed by atoms with Crippen molar-refractivity contribution >= 4 is 40.5 Å². The number of hydrazine groups is 1. The molecule has 3 aliphatic rings. The first-order chi connectivity index (χ1) is 31.5. The van der Waals surface area contributed by atoms with Crippen LogP contribution in [0.4, 0.5) is 0 Å². The molecular formula is C52H68N6O8. The van der Waals surface area contributed by atoms with Crippen molar-refractivity contribution in [1.29, 1.82) is 0 Å². The maximum absolute atomic E-state index is 14.7. The van der Waals surface area contributed by atoms with Crippen LogP contribution in [0.3, 0.4) is 0 Å². The molecule has 0 radical (unpaired) electrons. The van der Waals surface area contributed by atoms with Crippen LogP contribution >= 0.6 is 0 Å². The largest absolute Gasteiger partial charge is 0.508 e. The van der Waals surface area contributed by atoms with Crippen molar-refractivity contribution < 1.29 is 38.6 Å². The molecule has 3 N–H and O–H groups in total. The Kier molecular flexibility index (Phi) is 14.9. The first-order valence-electron chi connectivity index (χ1n) is 23.7. The molecule has 14 heteroatoms. The highest BCUT2D eigenvalue weighted by Crippen LogP contribution is 2.41. The van der Waals surface area contributed by atoms with Crippen LogP contribution < -0.4 is 10.7 Å². The molecular weight excluding hydrogens is 837 g/mol. The number of aromatic hydroxyl groups is 1. The molecule has 4 heterocycles. The Morgan fingerprint density at radius 2 is 1.79 bits per heavy atom. The van der Waals surface area contributed by atoms with Crippen LogP contribution in [-0.4, -0.2) is 119 Å². The Labute approximate surface area is 388 Å². The SMILES string of the molecule is CCC(=O)N1CC[C@H](C(=O)N(C)[C@H](C(=O)N[C@H]2Cc3cc(O)cc(c3)-c3ccc4c(c3)c(c(-c3ccccc3CCOC)n4CC)CC(C)(C)COC(=O)[C@@H]3CCCN(N3)C2=O)C(C)C)C1. The zero-order valence-corrected chi connectivity index (χ0v) is 39.9. The molecule has 7 rings (SSSR count). The molecule has 3 aliphatic heterocycles. The first kappa shape index (κ1) is 48.2. The van der Waals surface area contributed by atoms with E-state index in [4.69, 9.17) is 9.47 Å². The van der Waals surface area contributed by atoms with Crippen LogP contribution in [0, 0.1) is 17.3 Å². The Balaban J connectivity index is 1.30. The third-order valence-corrected chi connectivity index (χ3v) is 13.6. The number of nitrogens with one attached hydrogen (secondary N) is 2. The van der Waals surface area contributed by atoms with E-state index in [0.29, 0.717) is 63.9 Å². The summed E-state index contributed by atoms with van der Waals surface area (Å²) in [4.78, 5) is 72.7. The normalized spacial score (nSPS) is 20.5. The second-order valence-corrected chi connectivity index (χ2v) is 19.4. The molecule has 4 amide bonds. The van der Waals surface area contributed by atoms with Gasteiger partial charge in [0.15, 0.2) is 0 Å². The molecule has 354 valence electrons. The number of ether oxygens (including phenoxy) is 2. The number of hydrogen-bond acceptors (Lipinski definition) is 9. The number of fused-ring (bicyclic) bond motifs is 6. The van der Waals surface area contributed by atoms with Crippen molar-refractivity contribution in [2.45, 2.75) is 111 Å². The van der Waals surface area contributed by atoms with Gasteiger partial charge in [-0.15, -0.1) is 0 Å². The number of aromatic nitrogens is 1. The lowest BCUT2D eigenvalue weighted by Crippen LogP contribution is -2.62. The van der Waals surface area contributed by atoms with Crippen LogP contribution in [0.2, 0.25) is 0 Å². The maximum Gasteiger partial charge on any atom is 0.324 e. The molecule has 4 atom stereocenters. The maximum atomic E-state index is 14.7. The third-order valence-electron chi connectivity index (χ3n) is 13.6. The van der Waals surface area contributed by atoms with Gasteiger partial charge in [0.1, 0.15) is 23.9 Å². The molecule has 14 nitrogen and oxygen atoms in total. The summed E-state index contributed by atoms with van der Waals surface area (Å²) in [6.45, 7) is 14.3. The summed E-state index contributed by atoms with van der Waals surface area (Å²) in [5.41, 5.74) is 10.4. The number of rotatable bonds is 11. The van der Waals surface area contributed by atoms with E-state index in [1.54, 1.807) is 38.1 Å². The smallest absolute Gasteiger partial charge is 0.324 e. The van der Waals surface area contributed by atoms with Gasteiger partial charge in [-0.1, -0.05) is 71.0 Å². The summed E-state index contributed by atoms with van der Waals surface area (Å²) >= 11 is 0. The highest BCUT2D eigenvalue weighted by molar-refractivity contribution is 5.96. The quantitative estimate of drug-likeness (QED) is 0.147. The second kappa shape index (κ2) is 20.4. The number of amides is 4. The van der Waals surface area contributed by atoms with E-state index < -0.39 is 47.2 Å². The standard InChI is InChI=1S/C52H68N6O8/c1-9-45(60)56-22-19-36(30-56)49(62)55(7)46(32(3)4)48(61)53-43-26-33-24-37(27-38(59)25-33)35-17-18-44-40(28-35)41(47(57(44)10-2)39-15-12-11-14-34(39)20-23-65-8)29-52(5,6)31-66-51(64)42-16-13-21-58(54-42)50(43)63/h11-12,14-15,17-18,24-25,27-28,32,36,42-43,46,54,59H,9-10,13,16,19-23,26,29-31H2,1-8H3,(H,53,61)/t36-,42-,43-,46-/m0/s1. The second-order valence-electron chi connectivity index (χ2n) is 19.4. The molecule has 0 unspecified atom stereocenters. The number of likely N-dealkylation sites (tertiary alicyclic amines) is 1. The molecule has 0 saturated carbocycles. The lowest BCUT2D eigenvalue weighted by molar-refractivity contribution is -0.155. The van der Waals surface area contributed by atoms with E-state index in [2.05, 4.69) is 72.5 Å². The molecule has 0 spiro atoms. The topological polar surface area (TPSA) is 163 Å². The summed E-state index contributed by atoms with van der Waals surface area (Å²) in [5, 5.41) is 16.8. The van der Waals surface area contributed by atoms with Crippen LogP contribution in [0.15, 0.2) is 60.7 Å². The number of phenolic OH excluding ortho intramolecular Hbond substituents is 1. The fourth-order valence-corrected chi connectivity index (χ4v) is 10.2. The highest BCUT2D eigenvalue weighted by Gasteiger charge is 2.40. The van der Waals surface area contributed by atoms with Gasteiger partial charge in [0.25, 0.3) is 5.91 Å². The summed E-state index contributed by atoms with van der Waals surface area (Å²) in [6, 6.07) is 17.1. The van der Waals surface area contributed by atoms with Gasteiger partial charge in [-0.25, -0.2) is 5.43 Å². The molecule has 4 aromatic rings. The predicted octanol–water partition coefficient (Wildman–Crippen LogP) is 6.28. The number of carbonyl (C=O) groups excluding carboxylic acids is 5. The van der Waals surface area contributed by atoms with Crippen LogP contribution in [0.5, 0.6) is 5.75 Å². The van der Waals surface area contributed by atoms with Crippen molar-refractivity contribution in [3.63, 3.8) is 0 Å². The van der Waals surface area contributed by atoms with Crippen molar-refractivity contribution in [2.24, 2.45) is 17.3 Å². The van der Waals surface area contributed by atoms with E-state index in [1.165, 1.54) is 15.5 Å². The van der Waals surface area contributed by atoms with Crippen LogP contribution in [0.25, 0.3) is 33.3 Å². The van der Waals surface area contributed by atoms with Gasteiger partial charge in [0, 0.05) is 75.1 Å². The number of esters is 1. The Hall–Kier alpha value is -5.73. The molecule has 1 aromatic heterocycles. The van der Waals surface area contributed by atoms with E-state index >= 15 is 0 Å². The number of hydrogen-bond donors (Lipinski definition) is 3. The van der Waals surface area contributed by atoms with E-state index in [1.807, 2.05) is 26.0 Å². The predicted molar refractivity (Wildman–Crippen MR) is 254 cm³/mol. The monoisotopic (exact) mass is 905 g/mol. The molecule has 3 aromatic carbocycles. The van der Waals surface area contributed by atoms with Crippen molar-refractivity contribution in [3.05, 3.63) is 77.4 Å². The van der Waals surface area contributed by atoms with Gasteiger partial charge >= 0.3 is 5.97 Å². The van der Waals surface area contributed by atoms with Gasteiger partial charge in [-0.2, -0.15) is 0 Å². The minimum Gasteiger partial charge on any atom is -0.508 e. The fourth-order valence-electron chi connectivity index (χ4n) is 10.2. The summed E-state index contributed by atoms with van der Waals surface area (Å²) in [5.74, 6) is -2.44. The van der Waals surface area contributed by atoms with Gasteiger partial charge in [0.2, 0.25) is 17.7 Å². The molecule has 66 heavy (non-hydrogen) atoms. The number of aryl methyl sites for hydroxylation is 1. The average molecular weight is 905 g/mol. The highest BCUT2D eigenvalue weighted by atomic mass is 16.5. The lowest BCUT2D eigenvalue weighted by Gasteiger charge is -2.37. The minimum atomic E-state index is -1.14. The van der Waals surface area contributed by atoms with Crippen molar-refractivity contribution in [2.75, 3.05) is 47.0 Å². The zero-order chi connectivity index (χ0) is 47.4. The lowest BCUT2D eigenvalue weighted by atomic mass is 9.83. The number of methoxy groups -OCH3 is 1. The fraction of sp³-hybridized carbons (Fsp3) is 0.519. The van der Waals surface area contributed by atoms with Gasteiger partial charge < -0.3 is 34.3 Å². The minimum absolute atomic E-state index is 0.00577. The van der Waals surface area contributed by atoms with E-state index in [0.717, 1.165) is 45.3 Å². The number of benzene rings is 3. The Morgan fingerprint density at radius 1 is 1.02 bits per heavy atom.